The lowest BCUT2D eigenvalue weighted by Crippen LogP contribution is -2.57. The second-order valence-electron chi connectivity index (χ2n) is 6.62. The third-order valence-corrected chi connectivity index (χ3v) is 4.82. The van der Waals surface area contributed by atoms with Gasteiger partial charge >= 0.3 is 6.92 Å². The van der Waals surface area contributed by atoms with Crippen LogP contribution >= 0.6 is 0 Å². The first-order valence-corrected chi connectivity index (χ1v) is 8.13. The van der Waals surface area contributed by atoms with E-state index in [1.54, 1.807) is 7.11 Å². The van der Waals surface area contributed by atoms with Crippen LogP contribution in [0.5, 0.6) is 0 Å². The van der Waals surface area contributed by atoms with Crippen molar-refractivity contribution in [2.24, 2.45) is 0 Å². The average molecular weight is 320 g/mol. The lowest BCUT2D eigenvalue weighted by atomic mass is 9.59. The Morgan fingerprint density at radius 3 is 2.43 bits per heavy atom. The maximum Gasteiger partial charge on any atom is 0.324 e. The van der Waals surface area contributed by atoms with Crippen LogP contribution in [0.15, 0.2) is 12.1 Å². The summed E-state index contributed by atoms with van der Waals surface area (Å²) in [6, 6.07) is 4.31. The highest BCUT2D eigenvalue weighted by Gasteiger charge is 2.51. The molecule has 0 aromatic heterocycles. The SMILES string of the molecule is CO[C@H]1C2OC[C@@H](O2)[C@@H](OB(C)c2c(C)cc(C)cc2C)[C@@H]1O. The maximum atomic E-state index is 10.6. The molecule has 2 saturated heterocycles. The number of aryl methyl sites for hydroxylation is 3. The molecule has 0 spiro atoms. The van der Waals surface area contributed by atoms with Gasteiger partial charge in [-0.2, -0.15) is 0 Å². The number of aliphatic hydroxyl groups is 1. The fraction of sp³-hybridized carbons (Fsp3) is 0.647. The highest BCUT2D eigenvalue weighted by molar-refractivity contribution is 6.67. The highest BCUT2D eigenvalue weighted by atomic mass is 16.8. The van der Waals surface area contributed by atoms with Crippen molar-refractivity contribution < 1.29 is 24.0 Å². The van der Waals surface area contributed by atoms with E-state index in [9.17, 15) is 5.11 Å². The summed E-state index contributed by atoms with van der Waals surface area (Å²) in [6.45, 7) is 8.57. The second-order valence-corrected chi connectivity index (χ2v) is 6.62. The molecule has 2 heterocycles. The number of methoxy groups -OCH3 is 1. The minimum atomic E-state index is -0.764. The fourth-order valence-corrected chi connectivity index (χ4v) is 3.91. The van der Waals surface area contributed by atoms with E-state index in [-0.39, 0.29) is 13.0 Å². The van der Waals surface area contributed by atoms with Gasteiger partial charge in [0.25, 0.3) is 0 Å². The van der Waals surface area contributed by atoms with Crippen molar-refractivity contribution in [1.82, 2.24) is 0 Å². The Labute approximate surface area is 138 Å². The molecule has 0 aliphatic carbocycles. The molecule has 23 heavy (non-hydrogen) atoms. The Bertz CT molecular complexity index is 555. The standard InChI is InChI=1S/C17H25BO5/c1-9-6-10(2)13(11(3)7-9)18(4)23-15-12-8-21-17(22-12)16(20-5)14(15)19/h6-7,12,14-17,19H,8H2,1-5H3/t12-,14+,15-,16-,17?/m1/s1. The molecule has 2 aliphatic rings. The fourth-order valence-electron chi connectivity index (χ4n) is 3.91. The van der Waals surface area contributed by atoms with Gasteiger partial charge in [-0.15, -0.1) is 0 Å². The molecule has 2 aliphatic heterocycles. The van der Waals surface area contributed by atoms with E-state index < -0.39 is 24.6 Å². The third-order valence-electron chi connectivity index (χ3n) is 4.82. The summed E-state index contributed by atoms with van der Waals surface area (Å²) in [5.41, 5.74) is 4.80. The smallest absolute Gasteiger partial charge is 0.324 e. The van der Waals surface area contributed by atoms with E-state index in [4.69, 9.17) is 18.9 Å². The number of rotatable bonds is 4. The van der Waals surface area contributed by atoms with E-state index >= 15 is 0 Å². The number of aliphatic hydroxyl groups excluding tert-OH is 1. The lowest BCUT2D eigenvalue weighted by Gasteiger charge is -2.38. The predicted molar refractivity (Wildman–Crippen MR) is 88.2 cm³/mol. The molecule has 126 valence electrons. The number of benzene rings is 1. The first-order valence-electron chi connectivity index (χ1n) is 8.13. The monoisotopic (exact) mass is 320 g/mol. The van der Waals surface area contributed by atoms with Crippen molar-refractivity contribution in [3.8, 4) is 0 Å². The number of ether oxygens (including phenoxy) is 3. The van der Waals surface area contributed by atoms with Crippen LogP contribution in [0.3, 0.4) is 0 Å². The molecule has 3 rings (SSSR count). The molecule has 1 N–H and O–H groups in total. The molecule has 2 fully saturated rings. The van der Waals surface area contributed by atoms with Crippen LogP contribution in [-0.4, -0.2) is 56.4 Å². The third kappa shape index (κ3) is 3.06. The van der Waals surface area contributed by atoms with Gasteiger partial charge in [0.05, 0.1) is 12.7 Å². The molecular weight excluding hydrogens is 295 g/mol. The molecule has 1 unspecified atom stereocenters. The van der Waals surface area contributed by atoms with Gasteiger partial charge in [0.15, 0.2) is 6.29 Å². The highest BCUT2D eigenvalue weighted by Crippen LogP contribution is 2.31. The van der Waals surface area contributed by atoms with Crippen LogP contribution < -0.4 is 5.46 Å². The molecule has 0 amide bonds. The largest absolute Gasteiger partial charge is 0.423 e. The minimum Gasteiger partial charge on any atom is -0.423 e. The van der Waals surface area contributed by atoms with E-state index in [2.05, 4.69) is 32.9 Å². The van der Waals surface area contributed by atoms with Gasteiger partial charge in [-0.1, -0.05) is 35.6 Å². The molecule has 2 bridgehead atoms. The zero-order valence-corrected chi connectivity index (χ0v) is 14.4. The Morgan fingerprint density at radius 2 is 1.83 bits per heavy atom. The Kier molecular flexibility index (Phi) is 4.81. The van der Waals surface area contributed by atoms with Gasteiger partial charge in [0.2, 0.25) is 0 Å². The quantitative estimate of drug-likeness (QED) is 0.838. The second kappa shape index (κ2) is 6.53. The van der Waals surface area contributed by atoms with E-state index in [1.165, 1.54) is 16.7 Å². The van der Waals surface area contributed by atoms with E-state index in [0.717, 1.165) is 5.46 Å². The molecule has 5 nitrogen and oxygen atoms in total. The minimum absolute atomic E-state index is 0.145. The molecule has 1 aromatic carbocycles. The van der Waals surface area contributed by atoms with Crippen molar-refractivity contribution >= 4 is 12.4 Å². The first-order chi connectivity index (χ1) is 10.9. The summed E-state index contributed by atoms with van der Waals surface area (Å²) in [5.74, 6) is 0. The van der Waals surface area contributed by atoms with Crippen molar-refractivity contribution in [2.45, 2.75) is 58.3 Å². The lowest BCUT2D eigenvalue weighted by molar-refractivity contribution is -0.231. The molecular formula is C17H25BO5. The number of hydrogen-bond donors (Lipinski definition) is 1. The van der Waals surface area contributed by atoms with Crippen LogP contribution in [-0.2, 0) is 18.9 Å². The van der Waals surface area contributed by atoms with E-state index in [0.29, 0.717) is 6.61 Å². The summed E-state index contributed by atoms with van der Waals surface area (Å²) in [4.78, 5) is 0. The van der Waals surface area contributed by atoms with Crippen molar-refractivity contribution in [1.29, 1.82) is 0 Å². The number of fused-ring (bicyclic) bond motifs is 2. The zero-order chi connectivity index (χ0) is 16.7. The summed E-state index contributed by atoms with van der Waals surface area (Å²) in [6.07, 6.45) is -2.51. The van der Waals surface area contributed by atoms with E-state index in [1.807, 2.05) is 6.82 Å². The van der Waals surface area contributed by atoms with Crippen LogP contribution in [0.2, 0.25) is 6.82 Å². The van der Waals surface area contributed by atoms with Crippen molar-refractivity contribution in [3.63, 3.8) is 0 Å². The Morgan fingerprint density at radius 1 is 1.17 bits per heavy atom. The van der Waals surface area contributed by atoms with Crippen LogP contribution in [0, 0.1) is 20.8 Å². The first kappa shape index (κ1) is 16.9. The maximum absolute atomic E-state index is 10.6. The molecule has 1 aromatic rings. The normalized spacial score (nSPS) is 33.0. The molecule has 5 atom stereocenters. The van der Waals surface area contributed by atoms with Gasteiger partial charge < -0.3 is 24.0 Å². The average Bonchev–Trinajstić information content (AvgIpc) is 2.89. The summed E-state index contributed by atoms with van der Waals surface area (Å²) >= 11 is 0. The topological polar surface area (TPSA) is 57.2 Å². The Hall–Kier alpha value is -0.915. The van der Waals surface area contributed by atoms with Gasteiger partial charge in [-0.3, -0.25) is 0 Å². The molecule has 0 radical (unpaired) electrons. The van der Waals surface area contributed by atoms with Crippen molar-refractivity contribution in [2.75, 3.05) is 13.7 Å². The van der Waals surface area contributed by atoms with Crippen LogP contribution in [0.25, 0.3) is 0 Å². The zero-order valence-electron chi connectivity index (χ0n) is 14.4. The van der Waals surface area contributed by atoms with Gasteiger partial charge in [-0.25, -0.2) is 0 Å². The van der Waals surface area contributed by atoms with Crippen LogP contribution in [0.1, 0.15) is 16.7 Å². The van der Waals surface area contributed by atoms with Gasteiger partial charge in [0, 0.05) is 7.11 Å². The molecule has 6 heteroatoms. The summed E-state index contributed by atoms with van der Waals surface area (Å²) < 4.78 is 22.9. The number of hydrogen-bond acceptors (Lipinski definition) is 5. The predicted octanol–water partition coefficient (Wildman–Crippen LogP) is 0.956. The van der Waals surface area contributed by atoms with Gasteiger partial charge in [0.1, 0.15) is 18.3 Å². The summed E-state index contributed by atoms with van der Waals surface area (Å²) in [7, 11) is 1.55. The van der Waals surface area contributed by atoms with Gasteiger partial charge in [-0.05, 0) is 26.2 Å². The van der Waals surface area contributed by atoms with Crippen molar-refractivity contribution in [3.05, 3.63) is 28.8 Å². The summed E-state index contributed by atoms with van der Waals surface area (Å²) in [5, 5.41) is 10.6. The Balaban J connectivity index is 1.81. The van der Waals surface area contributed by atoms with Crippen LogP contribution in [0.4, 0.5) is 0 Å². The molecule has 0 saturated carbocycles.